The Labute approximate surface area is 164 Å². The zero-order chi connectivity index (χ0) is 20.1. The van der Waals surface area contributed by atoms with Gasteiger partial charge in [0.2, 0.25) is 0 Å². The summed E-state index contributed by atoms with van der Waals surface area (Å²) in [6, 6.07) is 13.2. The number of methoxy groups -OCH3 is 1. The van der Waals surface area contributed by atoms with Crippen LogP contribution in [0.15, 0.2) is 46.9 Å². The maximum Gasteiger partial charge on any atom is 0.313 e. The number of hydrogen-bond acceptors (Lipinski definition) is 6. The van der Waals surface area contributed by atoms with E-state index in [1.54, 1.807) is 19.2 Å². The van der Waals surface area contributed by atoms with Crippen LogP contribution >= 0.6 is 0 Å². The first-order valence-corrected chi connectivity index (χ1v) is 9.21. The lowest BCUT2D eigenvalue weighted by Crippen LogP contribution is -2.22. The molecule has 28 heavy (non-hydrogen) atoms. The number of carbonyl (C=O) groups is 1. The van der Waals surface area contributed by atoms with Gasteiger partial charge in [0.15, 0.2) is 0 Å². The molecule has 2 aromatic carbocycles. The Bertz CT molecular complexity index is 964. The van der Waals surface area contributed by atoms with Crippen molar-refractivity contribution >= 4 is 17.3 Å². The summed E-state index contributed by atoms with van der Waals surface area (Å²) in [5, 5.41) is 10.7. The predicted molar refractivity (Wildman–Crippen MR) is 109 cm³/mol. The number of aromatic nitrogens is 2. The van der Waals surface area contributed by atoms with Crippen molar-refractivity contribution in [3.63, 3.8) is 0 Å². The fourth-order valence-corrected chi connectivity index (χ4v) is 2.99. The van der Waals surface area contributed by atoms with E-state index in [0.717, 1.165) is 24.3 Å². The number of hydrogen-bond donors (Lipinski definition) is 1. The first-order chi connectivity index (χ1) is 13.6. The second-order valence-corrected chi connectivity index (χ2v) is 6.24. The molecule has 0 fully saturated rings. The highest BCUT2D eigenvalue weighted by atomic mass is 16.5. The lowest BCUT2D eigenvalue weighted by atomic mass is 10.1. The topological polar surface area (TPSA) is 80.5 Å². The Kier molecular flexibility index (Phi) is 5.93. The van der Waals surface area contributed by atoms with E-state index in [2.05, 4.69) is 40.3 Å². The van der Waals surface area contributed by atoms with Crippen molar-refractivity contribution < 1.29 is 13.9 Å². The molecule has 0 atom stereocenters. The number of aryl methyl sites for hydroxylation is 1. The SMILES string of the molecule is CCN(CC)c1ccc(NC(=O)c2nnc(-c3ccccc3OC)o2)c(C)c1. The van der Waals surface area contributed by atoms with E-state index >= 15 is 0 Å². The van der Waals surface area contributed by atoms with Gasteiger partial charge in [0.05, 0.1) is 12.7 Å². The molecule has 7 heteroatoms. The van der Waals surface area contributed by atoms with E-state index in [0.29, 0.717) is 17.0 Å². The first kappa shape index (κ1) is 19.4. The molecule has 0 bridgehead atoms. The van der Waals surface area contributed by atoms with Gasteiger partial charge >= 0.3 is 11.8 Å². The third-order valence-corrected chi connectivity index (χ3v) is 4.54. The van der Waals surface area contributed by atoms with Gasteiger partial charge in [-0.1, -0.05) is 12.1 Å². The molecule has 7 nitrogen and oxygen atoms in total. The zero-order valence-corrected chi connectivity index (χ0v) is 16.5. The lowest BCUT2D eigenvalue weighted by molar-refractivity contribution is 0.0990. The van der Waals surface area contributed by atoms with Crippen molar-refractivity contribution in [1.29, 1.82) is 0 Å². The van der Waals surface area contributed by atoms with Crippen LogP contribution in [0.5, 0.6) is 5.75 Å². The number of ether oxygens (including phenoxy) is 1. The normalized spacial score (nSPS) is 10.6. The molecule has 0 unspecified atom stereocenters. The Hall–Kier alpha value is -3.35. The molecule has 0 spiro atoms. The molecule has 3 aromatic rings. The minimum absolute atomic E-state index is 0.104. The van der Waals surface area contributed by atoms with E-state index in [1.165, 1.54) is 0 Å². The van der Waals surface area contributed by atoms with E-state index < -0.39 is 5.91 Å². The van der Waals surface area contributed by atoms with Gasteiger partial charge in [-0.15, -0.1) is 10.2 Å². The number of para-hydroxylation sites is 1. The van der Waals surface area contributed by atoms with Gasteiger partial charge in [0.25, 0.3) is 5.89 Å². The van der Waals surface area contributed by atoms with Gasteiger partial charge in [-0.3, -0.25) is 4.79 Å². The van der Waals surface area contributed by atoms with Crippen LogP contribution in [0.2, 0.25) is 0 Å². The largest absolute Gasteiger partial charge is 0.496 e. The molecule has 1 amide bonds. The Balaban J connectivity index is 1.78. The highest BCUT2D eigenvalue weighted by Gasteiger charge is 2.19. The maximum atomic E-state index is 12.5. The fourth-order valence-electron chi connectivity index (χ4n) is 2.99. The van der Waals surface area contributed by atoms with Crippen molar-refractivity contribution in [3.8, 4) is 17.2 Å². The van der Waals surface area contributed by atoms with Crippen molar-refractivity contribution in [2.24, 2.45) is 0 Å². The summed E-state index contributed by atoms with van der Waals surface area (Å²) in [6.07, 6.45) is 0. The minimum atomic E-state index is -0.452. The zero-order valence-electron chi connectivity index (χ0n) is 16.5. The van der Waals surface area contributed by atoms with Crippen LogP contribution in [0.25, 0.3) is 11.5 Å². The van der Waals surface area contributed by atoms with Gasteiger partial charge in [-0.25, -0.2) is 0 Å². The molecule has 1 N–H and O–H groups in total. The minimum Gasteiger partial charge on any atom is -0.496 e. The highest BCUT2D eigenvalue weighted by Crippen LogP contribution is 2.28. The summed E-state index contributed by atoms with van der Waals surface area (Å²) in [5.74, 6) is 0.276. The van der Waals surface area contributed by atoms with Crippen LogP contribution in [0.1, 0.15) is 30.1 Å². The molecule has 146 valence electrons. The molecule has 0 aliphatic heterocycles. The van der Waals surface area contributed by atoms with E-state index in [-0.39, 0.29) is 11.8 Å². The smallest absolute Gasteiger partial charge is 0.313 e. The number of anilines is 2. The lowest BCUT2D eigenvalue weighted by Gasteiger charge is -2.22. The maximum absolute atomic E-state index is 12.5. The summed E-state index contributed by atoms with van der Waals surface area (Å²) >= 11 is 0. The fraction of sp³-hybridized carbons (Fsp3) is 0.286. The molecule has 0 radical (unpaired) electrons. The summed E-state index contributed by atoms with van der Waals surface area (Å²) in [4.78, 5) is 14.8. The van der Waals surface area contributed by atoms with Crippen LogP contribution in [0, 0.1) is 6.92 Å². The summed E-state index contributed by atoms with van der Waals surface area (Å²) in [7, 11) is 1.56. The molecule has 1 aromatic heterocycles. The van der Waals surface area contributed by atoms with Crippen molar-refractivity contribution in [2.45, 2.75) is 20.8 Å². The molecule has 1 heterocycles. The van der Waals surface area contributed by atoms with Gasteiger partial charge in [-0.2, -0.15) is 0 Å². The standard InChI is InChI=1S/C21H24N4O3/c1-5-25(6-2)15-11-12-17(14(3)13-15)22-19(26)21-24-23-20(28-21)16-9-7-8-10-18(16)27-4/h7-13H,5-6H2,1-4H3,(H,22,26). The number of benzene rings is 2. The molecular weight excluding hydrogens is 356 g/mol. The van der Waals surface area contributed by atoms with Crippen molar-refractivity contribution in [3.05, 3.63) is 53.9 Å². The van der Waals surface area contributed by atoms with Crippen LogP contribution < -0.4 is 15.0 Å². The predicted octanol–water partition coefficient (Wildman–Crippen LogP) is 4.15. The molecular formula is C21H24N4O3. The van der Waals surface area contributed by atoms with Crippen LogP contribution in [-0.2, 0) is 0 Å². The number of rotatable bonds is 7. The molecule has 0 saturated carbocycles. The first-order valence-electron chi connectivity index (χ1n) is 9.21. The van der Waals surface area contributed by atoms with E-state index in [9.17, 15) is 4.79 Å². The van der Waals surface area contributed by atoms with Gasteiger partial charge in [0.1, 0.15) is 5.75 Å². The van der Waals surface area contributed by atoms with E-state index in [4.69, 9.17) is 9.15 Å². The van der Waals surface area contributed by atoms with Gasteiger partial charge < -0.3 is 19.4 Å². The Morgan fingerprint density at radius 1 is 1.14 bits per heavy atom. The second-order valence-electron chi connectivity index (χ2n) is 6.24. The molecule has 0 aliphatic rings. The van der Waals surface area contributed by atoms with Crippen LogP contribution in [0.3, 0.4) is 0 Å². The average Bonchev–Trinajstić information content (AvgIpc) is 3.21. The summed E-state index contributed by atoms with van der Waals surface area (Å²) in [6.45, 7) is 8.04. The number of nitrogens with zero attached hydrogens (tertiary/aromatic N) is 3. The van der Waals surface area contributed by atoms with Crippen LogP contribution in [0.4, 0.5) is 11.4 Å². The highest BCUT2D eigenvalue weighted by molar-refractivity contribution is 6.01. The average molecular weight is 380 g/mol. The number of amides is 1. The van der Waals surface area contributed by atoms with Crippen molar-refractivity contribution in [1.82, 2.24) is 10.2 Å². The number of carbonyl (C=O) groups excluding carboxylic acids is 1. The van der Waals surface area contributed by atoms with Gasteiger partial charge in [0, 0.05) is 24.5 Å². The van der Waals surface area contributed by atoms with E-state index in [1.807, 2.05) is 31.2 Å². The third kappa shape index (κ3) is 3.98. The Morgan fingerprint density at radius 2 is 1.89 bits per heavy atom. The quantitative estimate of drug-likeness (QED) is 0.663. The molecule has 0 aliphatic carbocycles. The molecule has 0 saturated heterocycles. The Morgan fingerprint density at radius 3 is 2.57 bits per heavy atom. The third-order valence-electron chi connectivity index (χ3n) is 4.54. The summed E-state index contributed by atoms with van der Waals surface area (Å²) in [5.41, 5.74) is 3.42. The molecule has 3 rings (SSSR count). The van der Waals surface area contributed by atoms with Crippen molar-refractivity contribution in [2.75, 3.05) is 30.4 Å². The second kappa shape index (κ2) is 8.56. The van der Waals surface area contributed by atoms with Crippen LogP contribution in [-0.4, -0.2) is 36.3 Å². The van der Waals surface area contributed by atoms with Gasteiger partial charge in [-0.05, 0) is 56.7 Å². The summed E-state index contributed by atoms with van der Waals surface area (Å²) < 4.78 is 10.9. The number of nitrogens with one attached hydrogen (secondary N) is 1. The monoisotopic (exact) mass is 380 g/mol.